The molecule has 0 aliphatic carbocycles. The van der Waals surface area contributed by atoms with Crippen LogP contribution in [0.3, 0.4) is 0 Å². The Morgan fingerprint density at radius 1 is 1.17 bits per heavy atom. The second kappa shape index (κ2) is 3.70. The molecule has 0 saturated carbocycles. The average molecular weight is 80.0 g/mol. The van der Waals surface area contributed by atoms with Gasteiger partial charge in [0.1, 0.15) is 0 Å². The Kier molecular flexibility index (Phi) is 4.02. The summed E-state index contributed by atoms with van der Waals surface area (Å²) < 4.78 is 9.19. The minimum atomic E-state index is 0. The SMILES string of the molecule is [CH-]1OCCO1.[Li+]. The zero-order chi connectivity index (χ0) is 3.54. The first kappa shape index (κ1) is 6.52. The van der Waals surface area contributed by atoms with Gasteiger partial charge >= 0.3 is 18.9 Å². The number of ether oxygens (including phenoxy) is 2. The van der Waals surface area contributed by atoms with E-state index in [9.17, 15) is 0 Å². The summed E-state index contributed by atoms with van der Waals surface area (Å²) in [6.07, 6.45) is 0. The fourth-order valence-electron chi connectivity index (χ4n) is 0.241. The summed E-state index contributed by atoms with van der Waals surface area (Å²) >= 11 is 0. The van der Waals surface area contributed by atoms with Crippen LogP contribution in [0.2, 0.25) is 0 Å². The van der Waals surface area contributed by atoms with E-state index in [2.05, 4.69) is 9.47 Å². The molecule has 0 aromatic heterocycles. The van der Waals surface area contributed by atoms with E-state index in [1.807, 2.05) is 0 Å². The molecule has 2 nitrogen and oxygen atoms in total. The summed E-state index contributed by atoms with van der Waals surface area (Å²) in [6, 6.07) is 0. The van der Waals surface area contributed by atoms with Crippen LogP contribution in [0.15, 0.2) is 0 Å². The molecule has 1 fully saturated rings. The third kappa shape index (κ3) is 1.84. The topological polar surface area (TPSA) is 18.5 Å². The van der Waals surface area contributed by atoms with Gasteiger partial charge in [-0.05, 0) is 0 Å². The van der Waals surface area contributed by atoms with E-state index >= 15 is 0 Å². The van der Waals surface area contributed by atoms with Gasteiger partial charge in [-0.2, -0.15) is 0 Å². The fraction of sp³-hybridized carbons (Fsp3) is 0.667. The quantitative estimate of drug-likeness (QED) is 0.230. The van der Waals surface area contributed by atoms with Gasteiger partial charge in [0, 0.05) is 13.2 Å². The molecule has 0 spiro atoms. The van der Waals surface area contributed by atoms with Crippen molar-refractivity contribution in [1.29, 1.82) is 0 Å². The molecule has 1 rings (SSSR count). The van der Waals surface area contributed by atoms with Crippen molar-refractivity contribution < 1.29 is 28.3 Å². The van der Waals surface area contributed by atoms with Gasteiger partial charge in [-0.1, -0.05) is 6.79 Å². The van der Waals surface area contributed by atoms with Crippen LogP contribution < -0.4 is 18.9 Å². The van der Waals surface area contributed by atoms with Crippen LogP contribution >= 0.6 is 0 Å². The van der Waals surface area contributed by atoms with E-state index in [0.717, 1.165) is 13.2 Å². The van der Waals surface area contributed by atoms with Crippen molar-refractivity contribution in [2.75, 3.05) is 13.2 Å². The Morgan fingerprint density at radius 3 is 1.83 bits per heavy atom. The first-order valence-electron chi connectivity index (χ1n) is 1.55. The third-order valence-corrected chi connectivity index (χ3v) is 0.455. The molecular formula is C3H5LiO2. The summed E-state index contributed by atoms with van der Waals surface area (Å²) in [4.78, 5) is 0. The zero-order valence-electron chi connectivity index (χ0n) is 3.81. The van der Waals surface area contributed by atoms with Crippen molar-refractivity contribution in [3.63, 3.8) is 0 Å². The van der Waals surface area contributed by atoms with Gasteiger partial charge in [0.25, 0.3) is 0 Å². The van der Waals surface area contributed by atoms with Gasteiger partial charge in [-0.15, -0.1) is 0 Å². The van der Waals surface area contributed by atoms with Gasteiger partial charge in [0.15, 0.2) is 0 Å². The van der Waals surface area contributed by atoms with Crippen molar-refractivity contribution in [3.05, 3.63) is 6.79 Å². The van der Waals surface area contributed by atoms with E-state index in [1.165, 1.54) is 6.79 Å². The first-order chi connectivity index (χ1) is 2.50. The molecule has 1 aliphatic heterocycles. The largest absolute Gasteiger partial charge is 1.00 e. The van der Waals surface area contributed by atoms with Crippen molar-refractivity contribution in [3.8, 4) is 0 Å². The van der Waals surface area contributed by atoms with Gasteiger partial charge in [0.05, 0.1) is 0 Å². The van der Waals surface area contributed by atoms with Crippen LogP contribution in [0.4, 0.5) is 0 Å². The van der Waals surface area contributed by atoms with Crippen molar-refractivity contribution >= 4 is 0 Å². The second-order valence-electron chi connectivity index (χ2n) is 0.838. The van der Waals surface area contributed by atoms with E-state index in [1.54, 1.807) is 0 Å². The summed E-state index contributed by atoms with van der Waals surface area (Å²) in [5, 5.41) is 0. The Hall–Kier alpha value is 0.517. The van der Waals surface area contributed by atoms with Crippen LogP contribution in [0.1, 0.15) is 0 Å². The van der Waals surface area contributed by atoms with Crippen molar-refractivity contribution in [1.82, 2.24) is 0 Å². The molecule has 3 heteroatoms. The molecule has 1 heterocycles. The monoisotopic (exact) mass is 80.0 g/mol. The van der Waals surface area contributed by atoms with E-state index in [0.29, 0.717) is 0 Å². The molecule has 0 atom stereocenters. The maximum absolute atomic E-state index is 4.60. The van der Waals surface area contributed by atoms with E-state index in [4.69, 9.17) is 0 Å². The Bertz CT molecular complexity index is 20.4. The van der Waals surface area contributed by atoms with Gasteiger partial charge in [-0.3, -0.25) is 0 Å². The van der Waals surface area contributed by atoms with E-state index < -0.39 is 0 Å². The smallest absolute Gasteiger partial charge is 0.523 e. The van der Waals surface area contributed by atoms with Crippen LogP contribution in [-0.4, -0.2) is 13.2 Å². The predicted molar refractivity (Wildman–Crippen MR) is 16.2 cm³/mol. The van der Waals surface area contributed by atoms with Crippen LogP contribution in [-0.2, 0) is 9.47 Å². The maximum atomic E-state index is 4.60. The predicted octanol–water partition coefficient (Wildman–Crippen LogP) is -2.84. The molecule has 0 aromatic rings. The fourth-order valence-corrected chi connectivity index (χ4v) is 0.241. The number of rotatable bonds is 0. The summed E-state index contributed by atoms with van der Waals surface area (Å²) in [7, 11) is 0. The molecule has 30 valence electrons. The molecule has 0 aromatic carbocycles. The molecule has 0 amide bonds. The Labute approximate surface area is 49.0 Å². The van der Waals surface area contributed by atoms with Crippen molar-refractivity contribution in [2.24, 2.45) is 0 Å². The Balaban J connectivity index is 0.000000250. The summed E-state index contributed by atoms with van der Waals surface area (Å²) in [5.41, 5.74) is 0. The Morgan fingerprint density at radius 2 is 1.67 bits per heavy atom. The van der Waals surface area contributed by atoms with Crippen molar-refractivity contribution in [2.45, 2.75) is 0 Å². The van der Waals surface area contributed by atoms with Crippen LogP contribution in [0, 0.1) is 6.79 Å². The standard InChI is InChI=1S/C3H5O2.Li/c1-2-5-3-4-1;/h3H,1-2H2;/q-1;+1. The number of hydrogen-bond acceptors (Lipinski definition) is 2. The number of hydrogen-bond donors (Lipinski definition) is 0. The molecule has 1 saturated heterocycles. The van der Waals surface area contributed by atoms with E-state index in [-0.39, 0.29) is 18.9 Å². The van der Waals surface area contributed by atoms with Gasteiger partial charge in [0.2, 0.25) is 0 Å². The average Bonchev–Trinajstić information content (AvgIpc) is 1.76. The van der Waals surface area contributed by atoms with Crippen LogP contribution in [0.25, 0.3) is 0 Å². The molecule has 0 N–H and O–H groups in total. The van der Waals surface area contributed by atoms with Crippen LogP contribution in [0.5, 0.6) is 0 Å². The molecule has 0 radical (unpaired) electrons. The molecule has 6 heavy (non-hydrogen) atoms. The molecular weight excluding hydrogens is 75.0 g/mol. The third-order valence-electron chi connectivity index (χ3n) is 0.455. The van der Waals surface area contributed by atoms with Gasteiger partial charge in [-0.25, -0.2) is 0 Å². The first-order valence-corrected chi connectivity index (χ1v) is 1.55. The summed E-state index contributed by atoms with van der Waals surface area (Å²) in [5.74, 6) is 0. The zero-order valence-corrected chi connectivity index (χ0v) is 3.81. The maximum Gasteiger partial charge on any atom is 1.00 e. The second-order valence-corrected chi connectivity index (χ2v) is 0.838. The molecule has 0 unspecified atom stereocenters. The molecule has 0 bridgehead atoms. The minimum Gasteiger partial charge on any atom is -0.523 e. The summed E-state index contributed by atoms with van der Waals surface area (Å²) in [6.45, 7) is 2.81. The van der Waals surface area contributed by atoms with Gasteiger partial charge < -0.3 is 9.47 Å². The molecule has 1 aliphatic rings. The normalized spacial score (nSPS) is 20.0. The minimum absolute atomic E-state index is 0.